The number of benzene rings is 1. The van der Waals surface area contributed by atoms with Gasteiger partial charge >= 0.3 is 19.4 Å². The smallest absolute Gasteiger partial charge is 0.459 e. The highest BCUT2D eigenvalue weighted by molar-refractivity contribution is 7.52. The van der Waals surface area contributed by atoms with Crippen LogP contribution in [0.4, 0.5) is 10.2 Å². The fourth-order valence-corrected chi connectivity index (χ4v) is 5.02. The number of aliphatic hydroxyl groups is 2. The average Bonchev–Trinajstić information content (AvgIpc) is 3.10. The number of para-hydroxylation sites is 1. The second kappa shape index (κ2) is 11.6. The number of nitrogens with one attached hydrogen (secondary N) is 1. The van der Waals surface area contributed by atoms with Crippen molar-refractivity contribution < 1.29 is 42.5 Å². The Labute approximate surface area is 214 Å². The van der Waals surface area contributed by atoms with Gasteiger partial charge in [-0.25, -0.2) is 13.8 Å². The zero-order valence-corrected chi connectivity index (χ0v) is 21.1. The van der Waals surface area contributed by atoms with E-state index in [1.54, 1.807) is 18.2 Å². The minimum absolute atomic E-state index is 0.112. The molecule has 1 unspecified atom stereocenters. The predicted octanol–water partition coefficient (Wildman–Crippen LogP) is 0.508. The Bertz CT molecular complexity index is 1300. The lowest BCUT2D eigenvalue weighted by molar-refractivity contribution is -0.142. The van der Waals surface area contributed by atoms with Gasteiger partial charge in [-0.15, -0.1) is 0 Å². The molecule has 1 aliphatic heterocycles. The molecule has 0 radical (unpaired) electrons. The summed E-state index contributed by atoms with van der Waals surface area (Å²) in [5.74, 6) is -0.349. The van der Waals surface area contributed by atoms with E-state index in [-0.39, 0.29) is 5.75 Å². The third kappa shape index (κ3) is 6.28. The Morgan fingerprint density at radius 2 is 2.14 bits per heavy atom. The molecule has 5 N–H and O–H groups in total. The number of carbonyl (C=O) groups excluding carboxylic acids is 1. The molecule has 1 aromatic heterocycles. The summed E-state index contributed by atoms with van der Waals surface area (Å²) in [6.07, 6.45) is -4.65. The quantitative estimate of drug-likeness (QED) is 0.189. The molecule has 3 rings (SSSR count). The average molecular weight is 561 g/mol. The highest BCUT2D eigenvalue weighted by atomic mass is 35.5. The Kier molecular flexibility index (Phi) is 8.93. The molecule has 16 heteroatoms. The standard InChI is InChI=1S/C21H23ClFN4O9P/c1-12(18(29)33-2)26-37(32,36-13-6-4-3-5-7-13)34-11-15-16(28)21(31,8-9-22)19(35-15)27-10-14(23)17(24)25-20(27)30/h3-7,10,12,15-16,19,28,31H,11H2,1-2H3,(H,26,32)(H2,24,25,30)/t12-,15+,16+,19+,21+,37?/m0/s1. The molecule has 0 saturated carbocycles. The van der Waals surface area contributed by atoms with E-state index in [9.17, 15) is 28.8 Å². The topological polar surface area (TPSA) is 184 Å². The molecular weight excluding hydrogens is 538 g/mol. The highest BCUT2D eigenvalue weighted by Crippen LogP contribution is 2.47. The van der Waals surface area contributed by atoms with E-state index >= 15 is 0 Å². The number of nitrogens with zero attached hydrogens (tertiary/aromatic N) is 2. The maximum atomic E-state index is 14.0. The van der Waals surface area contributed by atoms with Crippen LogP contribution in [0, 0.1) is 17.1 Å². The van der Waals surface area contributed by atoms with Gasteiger partial charge in [0.05, 0.1) is 19.9 Å². The Morgan fingerprint density at radius 3 is 2.76 bits per heavy atom. The number of hydrogen-bond donors (Lipinski definition) is 4. The van der Waals surface area contributed by atoms with Crippen LogP contribution in [-0.4, -0.2) is 63.3 Å². The largest absolute Gasteiger partial charge is 0.468 e. The van der Waals surface area contributed by atoms with Gasteiger partial charge in [0, 0.05) is 5.38 Å². The second-order valence-electron chi connectivity index (χ2n) is 7.75. The Morgan fingerprint density at radius 1 is 1.46 bits per heavy atom. The molecule has 0 spiro atoms. The molecule has 13 nitrogen and oxygen atoms in total. The normalized spacial score (nSPS) is 25.4. The van der Waals surface area contributed by atoms with Gasteiger partial charge in [0.15, 0.2) is 17.9 Å². The molecule has 1 aromatic carbocycles. The maximum Gasteiger partial charge on any atom is 0.459 e. The van der Waals surface area contributed by atoms with Crippen LogP contribution in [0.2, 0.25) is 0 Å². The first-order valence-electron chi connectivity index (χ1n) is 10.5. The van der Waals surface area contributed by atoms with Crippen molar-refractivity contribution in [3.8, 4) is 17.0 Å². The summed E-state index contributed by atoms with van der Waals surface area (Å²) in [6, 6.07) is 6.67. The van der Waals surface area contributed by atoms with Gasteiger partial charge in [0.2, 0.25) is 5.60 Å². The molecule has 200 valence electrons. The van der Waals surface area contributed by atoms with E-state index in [4.69, 9.17) is 31.1 Å². The summed E-state index contributed by atoms with van der Waals surface area (Å²) in [7, 11) is -3.23. The van der Waals surface area contributed by atoms with E-state index in [0.717, 1.165) is 7.11 Å². The first-order chi connectivity index (χ1) is 17.4. The number of nitrogen functional groups attached to an aromatic ring is 1. The molecular formula is C21H23ClFN4O9P. The van der Waals surface area contributed by atoms with Crippen molar-refractivity contribution in [2.24, 2.45) is 0 Å². The van der Waals surface area contributed by atoms with Gasteiger partial charge in [-0.1, -0.05) is 18.2 Å². The van der Waals surface area contributed by atoms with Crippen molar-refractivity contribution in [3.63, 3.8) is 0 Å². The zero-order chi connectivity index (χ0) is 27.4. The maximum absolute atomic E-state index is 14.0. The summed E-state index contributed by atoms with van der Waals surface area (Å²) in [5, 5.41) is 26.1. The van der Waals surface area contributed by atoms with Crippen molar-refractivity contribution in [1.82, 2.24) is 14.6 Å². The van der Waals surface area contributed by atoms with E-state index < -0.39 is 67.7 Å². The number of hydrogen-bond acceptors (Lipinski definition) is 11. The molecule has 1 aliphatic rings. The number of rotatable bonds is 9. The van der Waals surface area contributed by atoms with Crippen molar-refractivity contribution >= 4 is 31.1 Å². The number of aromatic nitrogens is 2. The predicted molar refractivity (Wildman–Crippen MR) is 127 cm³/mol. The number of carbonyl (C=O) groups is 1. The molecule has 0 bridgehead atoms. The van der Waals surface area contributed by atoms with Crippen LogP contribution < -0.4 is 21.0 Å². The SMILES string of the molecule is COC(=O)[C@H](C)NP(=O)(OC[C@H]1O[C@@H](n2cc(F)c(N)nc2=O)[C@@](O)(C#CCl)[C@@H]1O)Oc1ccccc1. The fraction of sp³-hybridized carbons (Fsp3) is 0.381. The van der Waals surface area contributed by atoms with Crippen LogP contribution in [0.15, 0.2) is 41.3 Å². The number of anilines is 1. The van der Waals surface area contributed by atoms with E-state index in [2.05, 4.69) is 20.7 Å². The summed E-state index contributed by atoms with van der Waals surface area (Å²) >= 11 is 5.44. The highest BCUT2D eigenvalue weighted by Gasteiger charge is 2.57. The number of aliphatic hydroxyl groups excluding tert-OH is 1. The minimum atomic E-state index is -4.36. The monoisotopic (exact) mass is 560 g/mol. The molecule has 37 heavy (non-hydrogen) atoms. The molecule has 1 fully saturated rings. The van der Waals surface area contributed by atoms with E-state index in [0.29, 0.717) is 10.8 Å². The van der Waals surface area contributed by atoms with Gasteiger partial charge in [-0.05, 0) is 36.6 Å². The lowest BCUT2D eigenvalue weighted by Crippen LogP contribution is -2.48. The van der Waals surface area contributed by atoms with Gasteiger partial charge < -0.3 is 29.9 Å². The first kappa shape index (κ1) is 28.5. The number of nitrogens with two attached hydrogens (primary N) is 1. The van der Waals surface area contributed by atoms with Crippen LogP contribution in [-0.2, 0) is 23.4 Å². The number of ether oxygens (including phenoxy) is 2. The summed E-state index contributed by atoms with van der Waals surface area (Å²) in [4.78, 5) is 27.5. The van der Waals surface area contributed by atoms with E-state index in [1.807, 2.05) is 5.38 Å². The van der Waals surface area contributed by atoms with Crippen molar-refractivity contribution in [2.75, 3.05) is 19.5 Å². The summed E-state index contributed by atoms with van der Waals surface area (Å²) in [5.41, 5.74) is 1.61. The van der Waals surface area contributed by atoms with Crippen LogP contribution in [0.3, 0.4) is 0 Å². The number of halogens is 2. The third-order valence-corrected chi connectivity index (χ3v) is 6.94. The van der Waals surface area contributed by atoms with Crippen LogP contribution in [0.25, 0.3) is 0 Å². The van der Waals surface area contributed by atoms with E-state index in [1.165, 1.54) is 19.1 Å². The van der Waals surface area contributed by atoms with Gasteiger partial charge in [-0.2, -0.15) is 10.1 Å². The van der Waals surface area contributed by atoms with Gasteiger partial charge in [0.1, 0.15) is 24.0 Å². The molecule has 1 saturated heterocycles. The molecule has 0 aliphatic carbocycles. The lowest BCUT2D eigenvalue weighted by atomic mass is 9.95. The Hall–Kier alpha value is -3.02. The molecule has 6 atom stereocenters. The van der Waals surface area contributed by atoms with Crippen LogP contribution >= 0.6 is 19.3 Å². The van der Waals surface area contributed by atoms with Crippen LogP contribution in [0.1, 0.15) is 13.2 Å². The van der Waals surface area contributed by atoms with Gasteiger partial charge in [-0.3, -0.25) is 13.9 Å². The fourth-order valence-electron chi connectivity index (χ4n) is 3.37. The molecule has 2 aromatic rings. The Balaban J connectivity index is 1.89. The minimum Gasteiger partial charge on any atom is -0.468 e. The molecule has 2 heterocycles. The third-order valence-electron chi connectivity index (χ3n) is 5.20. The van der Waals surface area contributed by atoms with Crippen LogP contribution in [0.5, 0.6) is 5.75 Å². The summed E-state index contributed by atoms with van der Waals surface area (Å²) < 4.78 is 49.1. The number of esters is 1. The molecule has 0 amide bonds. The number of methoxy groups -OCH3 is 1. The van der Waals surface area contributed by atoms with Crippen molar-refractivity contribution in [3.05, 3.63) is 52.8 Å². The van der Waals surface area contributed by atoms with Gasteiger partial charge in [0.25, 0.3) is 0 Å². The summed E-state index contributed by atoms with van der Waals surface area (Å²) in [6.45, 7) is 0.617. The second-order valence-corrected chi connectivity index (χ2v) is 9.63. The van der Waals surface area contributed by atoms with Crippen molar-refractivity contribution in [2.45, 2.75) is 37.0 Å². The zero-order valence-electron chi connectivity index (χ0n) is 19.4. The lowest BCUT2D eigenvalue weighted by Gasteiger charge is -2.26. The first-order valence-corrected chi connectivity index (χ1v) is 12.4. The van der Waals surface area contributed by atoms with Crippen molar-refractivity contribution in [1.29, 1.82) is 0 Å².